The number of hydrogen-bond donors (Lipinski definition) is 1. The van der Waals surface area contributed by atoms with Gasteiger partial charge in [-0.3, -0.25) is 9.69 Å². The van der Waals surface area contributed by atoms with Gasteiger partial charge in [-0.1, -0.05) is 73.5 Å². The molecule has 3 aromatic rings. The van der Waals surface area contributed by atoms with E-state index in [-0.39, 0.29) is 11.8 Å². The molecule has 3 saturated heterocycles. The zero-order chi connectivity index (χ0) is 27.9. The molecule has 7 heteroatoms. The molecule has 0 saturated carbocycles. The average molecular weight is 553 g/mol. The summed E-state index contributed by atoms with van der Waals surface area (Å²) >= 11 is 0. The van der Waals surface area contributed by atoms with Gasteiger partial charge in [0.2, 0.25) is 11.9 Å². The number of anilines is 2. The Labute approximate surface area is 245 Å². The summed E-state index contributed by atoms with van der Waals surface area (Å²) in [6, 6.07) is 23.4. The van der Waals surface area contributed by atoms with Crippen molar-refractivity contribution >= 4 is 17.7 Å². The molecule has 2 aromatic carbocycles. The highest BCUT2D eigenvalue weighted by Crippen LogP contribution is 2.30. The molecule has 0 aliphatic carbocycles. The van der Waals surface area contributed by atoms with Crippen LogP contribution in [0.1, 0.15) is 68.4 Å². The van der Waals surface area contributed by atoms with Crippen LogP contribution >= 0.6 is 0 Å². The van der Waals surface area contributed by atoms with Crippen LogP contribution in [0.25, 0.3) is 0 Å². The second-order valence-electron chi connectivity index (χ2n) is 11.9. The molecule has 0 bridgehead atoms. The van der Waals surface area contributed by atoms with Crippen molar-refractivity contribution in [1.29, 1.82) is 0 Å². The monoisotopic (exact) mass is 552 g/mol. The highest BCUT2D eigenvalue weighted by molar-refractivity contribution is 5.87. The Kier molecular flexibility index (Phi) is 9.11. The minimum atomic E-state index is -0.248. The summed E-state index contributed by atoms with van der Waals surface area (Å²) in [5.74, 6) is 1.79. The predicted molar refractivity (Wildman–Crippen MR) is 165 cm³/mol. The van der Waals surface area contributed by atoms with Crippen LogP contribution < -0.4 is 10.2 Å². The molecule has 0 spiro atoms. The van der Waals surface area contributed by atoms with E-state index in [0.29, 0.717) is 12.1 Å². The Bertz CT molecular complexity index is 1200. The highest BCUT2D eigenvalue weighted by atomic mass is 16.2. The molecule has 3 aliphatic heterocycles. The number of hydrogen-bond acceptors (Lipinski definition) is 6. The Hall–Kier alpha value is -3.45. The van der Waals surface area contributed by atoms with Crippen LogP contribution in [0.4, 0.5) is 11.8 Å². The van der Waals surface area contributed by atoms with E-state index < -0.39 is 0 Å². The average Bonchev–Trinajstić information content (AvgIpc) is 3.33. The van der Waals surface area contributed by atoms with Gasteiger partial charge < -0.3 is 15.1 Å². The first-order valence-electron chi connectivity index (χ1n) is 15.7. The van der Waals surface area contributed by atoms with Crippen molar-refractivity contribution in [1.82, 2.24) is 19.8 Å². The van der Waals surface area contributed by atoms with Crippen molar-refractivity contribution < 1.29 is 4.79 Å². The molecule has 1 aromatic heterocycles. The van der Waals surface area contributed by atoms with E-state index in [0.717, 1.165) is 81.4 Å². The van der Waals surface area contributed by atoms with Crippen molar-refractivity contribution in [3.8, 4) is 0 Å². The third kappa shape index (κ3) is 6.89. The van der Waals surface area contributed by atoms with Crippen LogP contribution in [0.2, 0.25) is 0 Å². The Morgan fingerprint density at radius 2 is 1.41 bits per heavy atom. The number of nitrogens with one attached hydrogen (secondary N) is 1. The van der Waals surface area contributed by atoms with Crippen LogP contribution in [0.3, 0.4) is 0 Å². The fourth-order valence-corrected chi connectivity index (χ4v) is 6.94. The number of aromatic nitrogens is 2. The summed E-state index contributed by atoms with van der Waals surface area (Å²) in [4.78, 5) is 30.5. The summed E-state index contributed by atoms with van der Waals surface area (Å²) in [5, 5.41) is 3.67. The number of rotatable bonds is 7. The molecule has 1 amide bonds. The van der Waals surface area contributed by atoms with E-state index >= 15 is 0 Å². The first kappa shape index (κ1) is 27.7. The lowest BCUT2D eigenvalue weighted by molar-refractivity contribution is -0.133. The standard InChI is InChI=1S/C34H44N6O/c41-33(32(27-12-5-3-6-13-27)28-14-7-4-8-15-28)39-24-18-30(19-25-39)40-23-11-16-29(26-40)36-34-35-20-17-31(37-34)38-21-9-1-2-10-22-38/h3-8,12-15,17,20,29-30,32H,1-2,9-11,16,18-19,21-26H2,(H,35,36,37). The number of likely N-dealkylation sites (tertiary alicyclic amines) is 2. The third-order valence-corrected chi connectivity index (χ3v) is 9.16. The van der Waals surface area contributed by atoms with Gasteiger partial charge in [0.25, 0.3) is 0 Å². The first-order valence-corrected chi connectivity index (χ1v) is 15.7. The van der Waals surface area contributed by atoms with Gasteiger partial charge in [0.05, 0.1) is 5.92 Å². The Balaban J connectivity index is 1.05. The summed E-state index contributed by atoms with van der Waals surface area (Å²) in [6.45, 7) is 5.94. The SMILES string of the molecule is O=C(C(c1ccccc1)c1ccccc1)N1CCC(N2CCCC(Nc3nccc(N4CCCCCC4)n3)C2)CC1. The Morgan fingerprint density at radius 3 is 2.07 bits per heavy atom. The lowest BCUT2D eigenvalue weighted by atomic mass is 9.89. The van der Waals surface area contributed by atoms with E-state index in [4.69, 9.17) is 4.98 Å². The fourth-order valence-electron chi connectivity index (χ4n) is 6.94. The van der Waals surface area contributed by atoms with E-state index in [1.165, 1.54) is 32.1 Å². The molecule has 1 unspecified atom stereocenters. The fraction of sp³-hybridized carbons (Fsp3) is 0.500. The van der Waals surface area contributed by atoms with Gasteiger partial charge in [0.1, 0.15) is 5.82 Å². The molecule has 1 N–H and O–H groups in total. The molecule has 3 fully saturated rings. The van der Waals surface area contributed by atoms with Gasteiger partial charge >= 0.3 is 0 Å². The van der Waals surface area contributed by atoms with Crippen LogP contribution in [0.5, 0.6) is 0 Å². The molecule has 3 aliphatic rings. The third-order valence-electron chi connectivity index (χ3n) is 9.16. The second kappa shape index (κ2) is 13.5. The Morgan fingerprint density at radius 1 is 0.756 bits per heavy atom. The van der Waals surface area contributed by atoms with Crippen molar-refractivity contribution in [2.45, 2.75) is 69.4 Å². The van der Waals surface area contributed by atoms with E-state index in [1.54, 1.807) is 0 Å². The van der Waals surface area contributed by atoms with Crippen LogP contribution in [0, 0.1) is 0 Å². The lowest BCUT2D eigenvalue weighted by Gasteiger charge is -2.43. The molecule has 41 heavy (non-hydrogen) atoms. The molecular weight excluding hydrogens is 508 g/mol. The van der Waals surface area contributed by atoms with Crippen molar-refractivity contribution in [3.05, 3.63) is 84.1 Å². The summed E-state index contributed by atoms with van der Waals surface area (Å²) in [6.07, 6.45) is 11.4. The number of piperidine rings is 2. The molecule has 6 rings (SSSR count). The molecule has 1 atom stereocenters. The van der Waals surface area contributed by atoms with Crippen molar-refractivity contribution in [3.63, 3.8) is 0 Å². The zero-order valence-corrected chi connectivity index (χ0v) is 24.2. The number of benzene rings is 2. The molecule has 0 radical (unpaired) electrons. The number of nitrogens with zero attached hydrogens (tertiary/aromatic N) is 5. The van der Waals surface area contributed by atoms with Gasteiger partial charge in [0.15, 0.2) is 0 Å². The predicted octanol–water partition coefficient (Wildman–Crippen LogP) is 5.56. The van der Waals surface area contributed by atoms with Crippen LogP contribution in [-0.4, -0.2) is 77.0 Å². The number of carbonyl (C=O) groups excluding carboxylic acids is 1. The molecule has 7 nitrogen and oxygen atoms in total. The maximum Gasteiger partial charge on any atom is 0.234 e. The van der Waals surface area contributed by atoms with Gasteiger partial charge in [0, 0.05) is 51.0 Å². The topological polar surface area (TPSA) is 64.6 Å². The molecule has 4 heterocycles. The number of carbonyl (C=O) groups is 1. The van der Waals surface area contributed by atoms with Crippen LogP contribution in [-0.2, 0) is 4.79 Å². The van der Waals surface area contributed by atoms with Crippen molar-refractivity contribution in [2.75, 3.05) is 49.5 Å². The lowest BCUT2D eigenvalue weighted by Crippen LogP contribution is -2.52. The molecule has 216 valence electrons. The maximum atomic E-state index is 13.9. The van der Waals surface area contributed by atoms with Gasteiger partial charge in [-0.05, 0) is 62.3 Å². The minimum absolute atomic E-state index is 0.223. The largest absolute Gasteiger partial charge is 0.356 e. The van der Waals surface area contributed by atoms with E-state index in [9.17, 15) is 4.79 Å². The highest BCUT2D eigenvalue weighted by Gasteiger charge is 2.33. The first-order chi connectivity index (χ1) is 20.2. The van der Waals surface area contributed by atoms with Gasteiger partial charge in [-0.2, -0.15) is 4.98 Å². The minimum Gasteiger partial charge on any atom is -0.356 e. The molecular formula is C34H44N6O. The number of amides is 1. The summed E-state index contributed by atoms with van der Waals surface area (Å²) in [5.41, 5.74) is 2.14. The quantitative estimate of drug-likeness (QED) is 0.414. The normalized spacial score (nSPS) is 21.0. The zero-order valence-electron chi connectivity index (χ0n) is 24.2. The van der Waals surface area contributed by atoms with Gasteiger partial charge in [-0.25, -0.2) is 4.98 Å². The summed E-state index contributed by atoms with van der Waals surface area (Å²) < 4.78 is 0. The van der Waals surface area contributed by atoms with E-state index in [2.05, 4.69) is 55.3 Å². The summed E-state index contributed by atoms with van der Waals surface area (Å²) in [7, 11) is 0. The second-order valence-corrected chi connectivity index (χ2v) is 11.9. The van der Waals surface area contributed by atoms with Crippen LogP contribution in [0.15, 0.2) is 72.9 Å². The van der Waals surface area contributed by atoms with Crippen molar-refractivity contribution in [2.24, 2.45) is 0 Å². The van der Waals surface area contributed by atoms with E-state index in [1.807, 2.05) is 42.6 Å². The van der Waals surface area contributed by atoms with Gasteiger partial charge in [-0.15, -0.1) is 0 Å². The maximum absolute atomic E-state index is 13.9. The smallest absolute Gasteiger partial charge is 0.234 e.